The predicted molar refractivity (Wildman–Crippen MR) is 73.9 cm³/mol. The van der Waals surface area contributed by atoms with Crippen LogP contribution in [0.1, 0.15) is 13.8 Å². The highest BCUT2D eigenvalue weighted by Gasteiger charge is 2.07. The molecule has 2 aromatic rings. The van der Waals surface area contributed by atoms with E-state index in [-0.39, 0.29) is 5.56 Å². The third-order valence-corrected chi connectivity index (χ3v) is 4.19. The molecule has 0 N–H and O–H groups in total. The fourth-order valence-electron chi connectivity index (χ4n) is 1.94. The molecular weight excluding hydrogens is 232 g/mol. The number of likely N-dealkylation sites (N-methyl/N-ethyl adjacent to an activating group) is 1. The molecule has 0 aliphatic heterocycles. The molecule has 0 radical (unpaired) electrons. The van der Waals surface area contributed by atoms with Crippen LogP contribution in [0.3, 0.4) is 0 Å². The smallest absolute Gasteiger partial charge is 0.268 e. The minimum Gasteiger partial charge on any atom is -0.302 e. The molecule has 4 heteroatoms. The summed E-state index contributed by atoms with van der Waals surface area (Å²) in [6.07, 6.45) is 0. The molecule has 2 rings (SSSR count). The quantitative estimate of drug-likeness (QED) is 0.814. The van der Waals surface area contributed by atoms with E-state index < -0.39 is 0 Å². The lowest BCUT2D eigenvalue weighted by molar-refractivity contribution is 0.293. The SMILES string of the molecule is CCN(CC)CCn1sc2ccccc2c1=O. The van der Waals surface area contributed by atoms with E-state index in [1.807, 2.05) is 28.2 Å². The van der Waals surface area contributed by atoms with Crippen LogP contribution in [0.2, 0.25) is 0 Å². The number of rotatable bonds is 5. The summed E-state index contributed by atoms with van der Waals surface area (Å²) in [5, 5.41) is 0.844. The van der Waals surface area contributed by atoms with Gasteiger partial charge in [-0.15, -0.1) is 0 Å². The fourth-order valence-corrected chi connectivity index (χ4v) is 2.92. The molecule has 3 nitrogen and oxygen atoms in total. The van der Waals surface area contributed by atoms with Gasteiger partial charge in [-0.2, -0.15) is 0 Å². The van der Waals surface area contributed by atoms with E-state index in [4.69, 9.17) is 0 Å². The van der Waals surface area contributed by atoms with Crippen molar-refractivity contribution in [3.8, 4) is 0 Å². The highest BCUT2D eigenvalue weighted by atomic mass is 32.1. The highest BCUT2D eigenvalue weighted by molar-refractivity contribution is 7.13. The van der Waals surface area contributed by atoms with E-state index >= 15 is 0 Å². The Morgan fingerprint density at radius 2 is 1.94 bits per heavy atom. The molecule has 0 saturated carbocycles. The summed E-state index contributed by atoms with van der Waals surface area (Å²) in [5.41, 5.74) is 0.151. The van der Waals surface area contributed by atoms with E-state index in [0.717, 1.165) is 36.3 Å². The van der Waals surface area contributed by atoms with Gasteiger partial charge < -0.3 is 4.90 Å². The summed E-state index contributed by atoms with van der Waals surface area (Å²) < 4.78 is 2.94. The van der Waals surface area contributed by atoms with Crippen LogP contribution in [0.4, 0.5) is 0 Å². The standard InChI is InChI=1S/C13H18N2OS/c1-3-14(4-2)9-10-15-13(16)11-7-5-6-8-12(11)17-15/h5-8H,3-4,9-10H2,1-2H3. The molecule has 0 saturated heterocycles. The summed E-state index contributed by atoms with van der Waals surface area (Å²) in [4.78, 5) is 14.4. The van der Waals surface area contributed by atoms with Crippen LogP contribution in [0.25, 0.3) is 10.1 Å². The molecular formula is C13H18N2OS. The molecule has 0 bridgehead atoms. The van der Waals surface area contributed by atoms with Crippen molar-refractivity contribution < 1.29 is 0 Å². The van der Waals surface area contributed by atoms with Crippen LogP contribution in [0, 0.1) is 0 Å². The third-order valence-electron chi connectivity index (χ3n) is 3.07. The average Bonchev–Trinajstić information content (AvgIpc) is 2.68. The van der Waals surface area contributed by atoms with Crippen LogP contribution >= 0.6 is 11.5 Å². The number of aromatic nitrogens is 1. The molecule has 1 heterocycles. The average molecular weight is 250 g/mol. The zero-order valence-corrected chi connectivity index (χ0v) is 11.2. The summed E-state index contributed by atoms with van der Waals surface area (Å²) in [5.74, 6) is 0. The molecule has 0 spiro atoms. The largest absolute Gasteiger partial charge is 0.302 e. The predicted octanol–water partition coefficient (Wildman–Crippen LogP) is 2.40. The van der Waals surface area contributed by atoms with Gasteiger partial charge in [0.1, 0.15) is 0 Å². The lowest BCUT2D eigenvalue weighted by atomic mass is 10.3. The van der Waals surface area contributed by atoms with E-state index in [9.17, 15) is 4.79 Å². The van der Waals surface area contributed by atoms with Gasteiger partial charge in [0.25, 0.3) is 5.56 Å². The molecule has 0 aliphatic rings. The number of nitrogens with zero attached hydrogens (tertiary/aromatic N) is 2. The van der Waals surface area contributed by atoms with Gasteiger partial charge in [0.15, 0.2) is 0 Å². The number of benzene rings is 1. The number of hydrogen-bond acceptors (Lipinski definition) is 3. The number of fused-ring (bicyclic) bond motifs is 1. The second kappa shape index (κ2) is 5.47. The van der Waals surface area contributed by atoms with Crippen LogP contribution in [0.15, 0.2) is 29.1 Å². The molecule has 0 unspecified atom stereocenters. The van der Waals surface area contributed by atoms with Crippen LogP contribution in [0.5, 0.6) is 0 Å². The van der Waals surface area contributed by atoms with E-state index in [1.54, 1.807) is 11.5 Å². The summed E-state index contributed by atoms with van der Waals surface area (Å²) in [6.45, 7) is 8.11. The van der Waals surface area contributed by atoms with Crippen molar-refractivity contribution in [2.75, 3.05) is 19.6 Å². The summed E-state index contributed by atoms with van der Waals surface area (Å²) in [6, 6.07) is 7.82. The molecule has 0 atom stereocenters. The van der Waals surface area contributed by atoms with Crippen LogP contribution < -0.4 is 5.56 Å². The molecule has 92 valence electrons. The Balaban J connectivity index is 2.19. The van der Waals surface area contributed by atoms with Crippen molar-refractivity contribution >= 4 is 21.6 Å². The first kappa shape index (κ1) is 12.3. The fraction of sp³-hybridized carbons (Fsp3) is 0.462. The maximum absolute atomic E-state index is 12.1. The first-order chi connectivity index (χ1) is 8.26. The Kier molecular flexibility index (Phi) is 3.97. The topological polar surface area (TPSA) is 25.2 Å². The molecule has 1 aromatic carbocycles. The van der Waals surface area contributed by atoms with Crippen molar-refractivity contribution in [2.24, 2.45) is 0 Å². The van der Waals surface area contributed by atoms with Gasteiger partial charge in [-0.1, -0.05) is 37.5 Å². The lowest BCUT2D eigenvalue weighted by Gasteiger charge is -2.17. The van der Waals surface area contributed by atoms with Crippen molar-refractivity contribution in [2.45, 2.75) is 20.4 Å². The minimum atomic E-state index is 0.151. The second-order valence-electron chi connectivity index (χ2n) is 4.02. The maximum Gasteiger partial charge on any atom is 0.268 e. The van der Waals surface area contributed by atoms with Gasteiger partial charge in [0.05, 0.1) is 10.1 Å². The van der Waals surface area contributed by atoms with Gasteiger partial charge in [-0.3, -0.25) is 8.75 Å². The monoisotopic (exact) mass is 250 g/mol. The lowest BCUT2D eigenvalue weighted by Crippen LogP contribution is -2.28. The van der Waals surface area contributed by atoms with Gasteiger partial charge in [-0.25, -0.2) is 0 Å². The van der Waals surface area contributed by atoms with Gasteiger partial charge in [0.2, 0.25) is 0 Å². The normalized spacial score (nSPS) is 11.5. The van der Waals surface area contributed by atoms with Gasteiger partial charge in [0, 0.05) is 13.1 Å². The minimum absolute atomic E-state index is 0.151. The van der Waals surface area contributed by atoms with Crippen molar-refractivity contribution in [3.63, 3.8) is 0 Å². The Labute approximate surface area is 105 Å². The highest BCUT2D eigenvalue weighted by Crippen LogP contribution is 2.15. The molecule has 0 fully saturated rings. The summed E-state index contributed by atoms with van der Waals surface area (Å²) >= 11 is 1.56. The number of hydrogen-bond donors (Lipinski definition) is 0. The maximum atomic E-state index is 12.1. The van der Waals surface area contributed by atoms with Gasteiger partial charge in [-0.05, 0) is 25.2 Å². The Bertz CT molecular complexity index is 540. The van der Waals surface area contributed by atoms with Crippen LogP contribution in [-0.2, 0) is 6.54 Å². The molecule has 1 aromatic heterocycles. The summed E-state index contributed by atoms with van der Waals surface area (Å²) in [7, 11) is 0. The van der Waals surface area contributed by atoms with Crippen molar-refractivity contribution in [1.82, 2.24) is 8.86 Å². The third kappa shape index (κ3) is 2.58. The molecule has 0 aliphatic carbocycles. The molecule has 17 heavy (non-hydrogen) atoms. The molecule has 0 amide bonds. The van der Waals surface area contributed by atoms with Crippen LogP contribution in [-0.4, -0.2) is 28.5 Å². The van der Waals surface area contributed by atoms with Crippen molar-refractivity contribution in [3.05, 3.63) is 34.6 Å². The van der Waals surface area contributed by atoms with E-state index in [0.29, 0.717) is 0 Å². The Morgan fingerprint density at radius 1 is 1.24 bits per heavy atom. The second-order valence-corrected chi connectivity index (χ2v) is 5.08. The zero-order valence-electron chi connectivity index (χ0n) is 10.3. The Morgan fingerprint density at radius 3 is 2.59 bits per heavy atom. The Hall–Kier alpha value is -1.13. The van der Waals surface area contributed by atoms with Gasteiger partial charge >= 0.3 is 0 Å². The van der Waals surface area contributed by atoms with E-state index in [2.05, 4.69) is 18.7 Å². The first-order valence-corrected chi connectivity index (χ1v) is 6.84. The first-order valence-electron chi connectivity index (χ1n) is 6.07. The van der Waals surface area contributed by atoms with Crippen molar-refractivity contribution in [1.29, 1.82) is 0 Å². The van der Waals surface area contributed by atoms with E-state index in [1.165, 1.54) is 0 Å². The zero-order chi connectivity index (χ0) is 12.3.